The number of amides is 2. The maximum atomic E-state index is 12.6. The quantitative estimate of drug-likeness (QED) is 0.768. The van der Waals surface area contributed by atoms with Crippen LogP contribution in [0.5, 0.6) is 0 Å². The summed E-state index contributed by atoms with van der Waals surface area (Å²) in [5, 5.41) is 1.15. The van der Waals surface area contributed by atoms with Crippen molar-refractivity contribution in [2.24, 2.45) is 0 Å². The number of hydrogen-bond donors (Lipinski definition) is 0. The normalized spacial score (nSPS) is 17.4. The van der Waals surface area contributed by atoms with E-state index in [2.05, 4.69) is 30.0 Å². The topological polar surface area (TPSA) is 56.8 Å². The monoisotopic (exact) mass is 380 g/mol. The number of likely N-dealkylation sites (tertiary alicyclic amines) is 1. The second kappa shape index (κ2) is 8.17. The van der Waals surface area contributed by atoms with Crippen LogP contribution in [0, 0.1) is 0 Å². The molecule has 0 N–H and O–H groups in total. The zero-order valence-corrected chi connectivity index (χ0v) is 16.6. The number of piperazine rings is 1. The van der Waals surface area contributed by atoms with Gasteiger partial charge in [-0.2, -0.15) is 0 Å². The van der Waals surface area contributed by atoms with Crippen molar-refractivity contribution >= 4 is 28.4 Å². The zero-order valence-electron chi connectivity index (χ0n) is 16.6. The maximum Gasteiger partial charge on any atom is 0.312 e. The summed E-state index contributed by atoms with van der Waals surface area (Å²) < 4.78 is 0. The standard InChI is InChI=1S/C22H28N4O2/c1-2-7-17-16-20(18-8-3-4-9-19(18)23-17)24-12-14-26(15-13-24)22(28)21(27)25-10-5-6-11-25/h3-4,8-9,16H,2,5-7,10-15H2,1H3. The fourth-order valence-electron chi connectivity index (χ4n) is 4.20. The molecular weight excluding hydrogens is 352 g/mol. The van der Waals surface area contributed by atoms with Gasteiger partial charge in [0.1, 0.15) is 0 Å². The Morgan fingerprint density at radius 1 is 0.929 bits per heavy atom. The van der Waals surface area contributed by atoms with Gasteiger partial charge >= 0.3 is 11.8 Å². The molecule has 4 rings (SSSR count). The fraction of sp³-hybridized carbons (Fsp3) is 0.500. The summed E-state index contributed by atoms with van der Waals surface area (Å²) in [6.07, 6.45) is 4.02. The highest BCUT2D eigenvalue weighted by molar-refractivity contribution is 6.35. The van der Waals surface area contributed by atoms with Crippen LogP contribution in [-0.4, -0.2) is 65.9 Å². The first-order valence-corrected chi connectivity index (χ1v) is 10.4. The van der Waals surface area contributed by atoms with Gasteiger partial charge in [-0.15, -0.1) is 0 Å². The van der Waals surface area contributed by atoms with Gasteiger partial charge in [0.2, 0.25) is 0 Å². The Bertz CT molecular complexity index is 868. The summed E-state index contributed by atoms with van der Waals surface area (Å²) in [5.41, 5.74) is 3.32. The predicted molar refractivity (Wildman–Crippen MR) is 110 cm³/mol. The summed E-state index contributed by atoms with van der Waals surface area (Å²) in [4.78, 5) is 35.5. The van der Waals surface area contributed by atoms with Crippen molar-refractivity contribution in [3.8, 4) is 0 Å². The van der Waals surface area contributed by atoms with Gasteiger partial charge in [0, 0.05) is 56.0 Å². The predicted octanol–water partition coefficient (Wildman–Crippen LogP) is 2.46. The molecule has 2 aliphatic heterocycles. The molecule has 0 spiro atoms. The Hall–Kier alpha value is -2.63. The van der Waals surface area contributed by atoms with Crippen molar-refractivity contribution < 1.29 is 9.59 Å². The second-order valence-corrected chi connectivity index (χ2v) is 7.68. The molecule has 1 aromatic heterocycles. The third-order valence-electron chi connectivity index (χ3n) is 5.74. The molecule has 2 fully saturated rings. The molecule has 2 aliphatic rings. The second-order valence-electron chi connectivity index (χ2n) is 7.68. The van der Waals surface area contributed by atoms with E-state index in [4.69, 9.17) is 4.98 Å². The van der Waals surface area contributed by atoms with Crippen molar-refractivity contribution in [3.05, 3.63) is 36.0 Å². The molecule has 0 unspecified atom stereocenters. The molecule has 1 aromatic carbocycles. The van der Waals surface area contributed by atoms with E-state index in [0.29, 0.717) is 26.2 Å². The number of carbonyl (C=O) groups excluding carboxylic acids is 2. The van der Waals surface area contributed by atoms with Crippen molar-refractivity contribution in [2.75, 3.05) is 44.2 Å². The van der Waals surface area contributed by atoms with E-state index < -0.39 is 0 Å². The Morgan fingerprint density at radius 3 is 2.25 bits per heavy atom. The van der Waals surface area contributed by atoms with Crippen molar-refractivity contribution in [3.63, 3.8) is 0 Å². The fourth-order valence-corrected chi connectivity index (χ4v) is 4.20. The zero-order chi connectivity index (χ0) is 19.5. The van der Waals surface area contributed by atoms with Crippen LogP contribution in [0.3, 0.4) is 0 Å². The molecule has 0 radical (unpaired) electrons. The van der Waals surface area contributed by atoms with Crippen LogP contribution >= 0.6 is 0 Å². The number of carbonyl (C=O) groups is 2. The number of aromatic nitrogens is 1. The average molecular weight is 380 g/mol. The molecule has 0 bridgehead atoms. The first-order chi connectivity index (χ1) is 13.7. The van der Waals surface area contributed by atoms with Crippen molar-refractivity contribution in [1.82, 2.24) is 14.8 Å². The largest absolute Gasteiger partial charge is 0.367 e. The van der Waals surface area contributed by atoms with Gasteiger partial charge in [0.05, 0.1) is 5.52 Å². The lowest BCUT2D eigenvalue weighted by Crippen LogP contribution is -2.53. The minimum atomic E-state index is -0.340. The Balaban J connectivity index is 1.49. The summed E-state index contributed by atoms with van der Waals surface area (Å²) >= 11 is 0. The number of benzene rings is 1. The molecule has 6 heteroatoms. The lowest BCUT2D eigenvalue weighted by molar-refractivity contribution is -0.151. The maximum absolute atomic E-state index is 12.6. The number of nitrogens with zero attached hydrogens (tertiary/aromatic N) is 4. The Kier molecular flexibility index (Phi) is 5.46. The number of fused-ring (bicyclic) bond motifs is 1. The first-order valence-electron chi connectivity index (χ1n) is 10.4. The summed E-state index contributed by atoms with van der Waals surface area (Å²) in [5.74, 6) is -0.668. The minimum absolute atomic E-state index is 0.328. The highest BCUT2D eigenvalue weighted by Crippen LogP contribution is 2.28. The van der Waals surface area contributed by atoms with E-state index in [0.717, 1.165) is 55.4 Å². The molecule has 2 saturated heterocycles. The molecular formula is C22H28N4O2. The molecule has 6 nitrogen and oxygen atoms in total. The number of para-hydroxylation sites is 1. The third-order valence-corrected chi connectivity index (χ3v) is 5.74. The van der Waals surface area contributed by atoms with Gasteiger partial charge < -0.3 is 14.7 Å². The summed E-state index contributed by atoms with van der Waals surface area (Å²) in [6.45, 7) is 6.23. The Labute approximate surface area is 166 Å². The van der Waals surface area contributed by atoms with Crippen LogP contribution in [0.2, 0.25) is 0 Å². The average Bonchev–Trinajstić information content (AvgIpc) is 3.27. The van der Waals surface area contributed by atoms with Gasteiger partial charge in [-0.1, -0.05) is 31.5 Å². The molecule has 0 saturated carbocycles. The van der Waals surface area contributed by atoms with Gasteiger partial charge in [-0.3, -0.25) is 14.6 Å². The number of anilines is 1. The number of rotatable bonds is 3. The lowest BCUT2D eigenvalue weighted by Gasteiger charge is -2.36. The number of hydrogen-bond acceptors (Lipinski definition) is 4. The highest BCUT2D eigenvalue weighted by Gasteiger charge is 2.31. The van der Waals surface area contributed by atoms with E-state index in [9.17, 15) is 9.59 Å². The highest BCUT2D eigenvalue weighted by atomic mass is 16.2. The molecule has 0 aliphatic carbocycles. The van der Waals surface area contributed by atoms with Crippen molar-refractivity contribution in [2.45, 2.75) is 32.6 Å². The molecule has 0 atom stereocenters. The SMILES string of the molecule is CCCc1cc(N2CCN(C(=O)C(=O)N3CCCC3)CC2)c2ccccc2n1. The third kappa shape index (κ3) is 3.68. The molecule has 28 heavy (non-hydrogen) atoms. The molecule has 2 aromatic rings. The van der Waals surface area contributed by atoms with Crippen LogP contribution in [0.4, 0.5) is 5.69 Å². The van der Waals surface area contributed by atoms with Crippen LogP contribution in [0.1, 0.15) is 31.9 Å². The number of pyridine rings is 1. The first kappa shape index (κ1) is 18.7. The molecule has 3 heterocycles. The lowest BCUT2D eigenvalue weighted by atomic mass is 10.1. The van der Waals surface area contributed by atoms with E-state index in [1.165, 1.54) is 5.69 Å². The molecule has 148 valence electrons. The van der Waals surface area contributed by atoms with E-state index in [1.807, 2.05) is 12.1 Å². The van der Waals surface area contributed by atoms with E-state index in [-0.39, 0.29) is 11.8 Å². The van der Waals surface area contributed by atoms with Gasteiger partial charge in [0.15, 0.2) is 0 Å². The van der Waals surface area contributed by atoms with Crippen LogP contribution in [0.25, 0.3) is 10.9 Å². The van der Waals surface area contributed by atoms with Crippen molar-refractivity contribution in [1.29, 1.82) is 0 Å². The van der Waals surface area contributed by atoms with E-state index >= 15 is 0 Å². The van der Waals surface area contributed by atoms with Crippen LogP contribution in [-0.2, 0) is 16.0 Å². The number of aryl methyl sites for hydroxylation is 1. The summed E-state index contributed by atoms with van der Waals surface area (Å²) in [7, 11) is 0. The minimum Gasteiger partial charge on any atom is -0.367 e. The van der Waals surface area contributed by atoms with Gasteiger partial charge in [-0.05, 0) is 31.4 Å². The summed E-state index contributed by atoms with van der Waals surface area (Å²) in [6, 6.07) is 10.4. The Morgan fingerprint density at radius 2 is 1.57 bits per heavy atom. The smallest absolute Gasteiger partial charge is 0.312 e. The van der Waals surface area contributed by atoms with E-state index in [1.54, 1.807) is 9.80 Å². The molecule has 2 amide bonds. The van der Waals surface area contributed by atoms with Gasteiger partial charge in [-0.25, -0.2) is 0 Å². The van der Waals surface area contributed by atoms with Gasteiger partial charge in [0.25, 0.3) is 0 Å². The van der Waals surface area contributed by atoms with Crippen LogP contribution < -0.4 is 4.90 Å². The van der Waals surface area contributed by atoms with Crippen LogP contribution in [0.15, 0.2) is 30.3 Å².